The van der Waals surface area contributed by atoms with Crippen LogP contribution < -0.4 is 0 Å². The van der Waals surface area contributed by atoms with E-state index in [-0.39, 0.29) is 0 Å². The molecule has 0 radical (unpaired) electrons. The van der Waals surface area contributed by atoms with Crippen LogP contribution in [0.15, 0.2) is 12.7 Å². The molecule has 0 saturated carbocycles. The molecule has 0 saturated heterocycles. The van der Waals surface area contributed by atoms with Crippen molar-refractivity contribution >= 4 is 0 Å². The first-order valence-electron chi connectivity index (χ1n) is 4.69. The molecule has 7 nitrogen and oxygen atoms in total. The zero-order valence-electron chi connectivity index (χ0n) is 8.68. The third-order valence-electron chi connectivity index (χ3n) is 1.96. The molecule has 0 aromatic carbocycles. The summed E-state index contributed by atoms with van der Waals surface area (Å²) in [5.74, 6) is 0. The molecule has 0 aromatic heterocycles. The zero-order chi connectivity index (χ0) is 12.7. The van der Waals surface area contributed by atoms with Gasteiger partial charge in [0.2, 0.25) is 0 Å². The molecule has 5 atom stereocenters. The lowest BCUT2D eigenvalue weighted by molar-refractivity contribution is -0.151. The first-order valence-corrected chi connectivity index (χ1v) is 4.69. The topological polar surface area (TPSA) is 131 Å². The third-order valence-corrected chi connectivity index (χ3v) is 1.96. The molecular weight excluding hydrogens is 220 g/mol. The van der Waals surface area contributed by atoms with Crippen molar-refractivity contribution in [2.45, 2.75) is 30.7 Å². The molecule has 0 aliphatic rings. The Morgan fingerprint density at radius 1 is 1.00 bits per heavy atom. The summed E-state index contributed by atoms with van der Waals surface area (Å²) in [6, 6.07) is 0. The average molecular weight is 238 g/mol. The summed E-state index contributed by atoms with van der Waals surface area (Å²) in [5, 5.41) is 54.2. The maximum absolute atomic E-state index is 9.31. The van der Waals surface area contributed by atoms with Gasteiger partial charge in [-0.05, 0) is 6.08 Å². The average Bonchev–Trinajstić information content (AvgIpc) is 2.32. The van der Waals surface area contributed by atoms with E-state index in [0.717, 1.165) is 6.08 Å². The van der Waals surface area contributed by atoms with Crippen LogP contribution in [0.4, 0.5) is 0 Å². The van der Waals surface area contributed by atoms with Crippen LogP contribution in [0.2, 0.25) is 0 Å². The van der Waals surface area contributed by atoms with E-state index >= 15 is 0 Å². The Balaban J connectivity index is 4.06. The summed E-state index contributed by atoms with van der Waals surface area (Å²) in [7, 11) is 0. The Kier molecular flexibility index (Phi) is 7.43. The van der Waals surface area contributed by atoms with Gasteiger partial charge in [0.15, 0.2) is 6.29 Å². The predicted molar refractivity (Wildman–Crippen MR) is 53.3 cm³/mol. The van der Waals surface area contributed by atoms with Crippen LogP contribution in [0.25, 0.3) is 0 Å². The highest BCUT2D eigenvalue weighted by molar-refractivity contribution is 4.81. The molecule has 1 unspecified atom stereocenters. The minimum Gasteiger partial charge on any atom is -0.394 e. The van der Waals surface area contributed by atoms with Crippen LogP contribution in [0.1, 0.15) is 0 Å². The Hall–Kier alpha value is -0.540. The second-order valence-electron chi connectivity index (χ2n) is 3.26. The number of rotatable bonds is 8. The lowest BCUT2D eigenvalue weighted by atomic mass is 10.0. The number of hydrogen-bond acceptors (Lipinski definition) is 7. The van der Waals surface area contributed by atoms with Crippen molar-refractivity contribution < 1.29 is 35.4 Å². The largest absolute Gasteiger partial charge is 0.394 e. The fourth-order valence-electron chi connectivity index (χ4n) is 0.927. The number of aliphatic hydroxyl groups excluding tert-OH is 6. The van der Waals surface area contributed by atoms with Crippen LogP contribution >= 0.6 is 0 Å². The second-order valence-corrected chi connectivity index (χ2v) is 3.26. The quantitative estimate of drug-likeness (QED) is 0.195. The SMILES string of the molecule is C=CC(O)OC[C@H](O)[C@@H](O)[C@H](O)[C@H](O)CO. The first-order chi connectivity index (χ1) is 7.43. The van der Waals surface area contributed by atoms with Crippen LogP contribution in [-0.2, 0) is 4.74 Å². The van der Waals surface area contributed by atoms with E-state index in [9.17, 15) is 15.3 Å². The van der Waals surface area contributed by atoms with Crippen LogP contribution in [-0.4, -0.2) is 74.6 Å². The van der Waals surface area contributed by atoms with Crippen molar-refractivity contribution in [2.24, 2.45) is 0 Å². The number of aliphatic hydroxyl groups is 6. The van der Waals surface area contributed by atoms with Crippen LogP contribution in [0, 0.1) is 0 Å². The molecule has 0 amide bonds. The van der Waals surface area contributed by atoms with Crippen molar-refractivity contribution in [1.82, 2.24) is 0 Å². The van der Waals surface area contributed by atoms with Gasteiger partial charge in [-0.1, -0.05) is 6.58 Å². The third kappa shape index (κ3) is 4.99. The van der Waals surface area contributed by atoms with E-state index in [1.54, 1.807) is 0 Å². The van der Waals surface area contributed by atoms with E-state index in [1.165, 1.54) is 0 Å². The summed E-state index contributed by atoms with van der Waals surface area (Å²) in [6.07, 6.45) is -6.69. The highest BCUT2D eigenvalue weighted by Crippen LogP contribution is 2.06. The maximum Gasteiger partial charge on any atom is 0.173 e. The summed E-state index contributed by atoms with van der Waals surface area (Å²) >= 11 is 0. The molecule has 0 heterocycles. The van der Waals surface area contributed by atoms with Gasteiger partial charge in [-0.3, -0.25) is 0 Å². The predicted octanol–water partition coefficient (Wildman–Crippen LogP) is -3.06. The van der Waals surface area contributed by atoms with Gasteiger partial charge >= 0.3 is 0 Å². The van der Waals surface area contributed by atoms with Gasteiger partial charge in [0.05, 0.1) is 13.2 Å². The molecule has 7 heteroatoms. The highest BCUT2D eigenvalue weighted by Gasteiger charge is 2.30. The fourth-order valence-corrected chi connectivity index (χ4v) is 0.927. The van der Waals surface area contributed by atoms with Crippen molar-refractivity contribution in [3.05, 3.63) is 12.7 Å². The summed E-state index contributed by atoms with van der Waals surface area (Å²) in [4.78, 5) is 0. The van der Waals surface area contributed by atoms with Crippen molar-refractivity contribution in [2.75, 3.05) is 13.2 Å². The Bertz CT molecular complexity index is 198. The molecule has 0 rings (SSSR count). The lowest BCUT2D eigenvalue weighted by Gasteiger charge is -2.25. The molecule has 0 spiro atoms. The van der Waals surface area contributed by atoms with Gasteiger partial charge in [-0.2, -0.15) is 0 Å². The molecular formula is C9H18O7. The van der Waals surface area contributed by atoms with E-state index in [4.69, 9.17) is 15.3 Å². The fraction of sp³-hybridized carbons (Fsp3) is 0.778. The smallest absolute Gasteiger partial charge is 0.173 e. The van der Waals surface area contributed by atoms with Crippen molar-refractivity contribution in [3.63, 3.8) is 0 Å². The summed E-state index contributed by atoms with van der Waals surface area (Å²) in [5.41, 5.74) is 0. The van der Waals surface area contributed by atoms with Crippen molar-refractivity contribution in [1.29, 1.82) is 0 Å². The molecule has 0 fully saturated rings. The zero-order valence-corrected chi connectivity index (χ0v) is 8.68. The molecule has 16 heavy (non-hydrogen) atoms. The molecule has 0 aliphatic carbocycles. The summed E-state index contributed by atoms with van der Waals surface area (Å²) < 4.78 is 4.61. The molecule has 0 aromatic rings. The second kappa shape index (κ2) is 7.69. The molecule has 0 aliphatic heterocycles. The Morgan fingerprint density at radius 3 is 1.94 bits per heavy atom. The number of ether oxygens (including phenoxy) is 1. The van der Waals surface area contributed by atoms with Gasteiger partial charge in [0.1, 0.15) is 24.4 Å². The highest BCUT2D eigenvalue weighted by atomic mass is 16.6. The minimum atomic E-state index is -1.70. The minimum absolute atomic E-state index is 0.455. The van der Waals surface area contributed by atoms with Gasteiger partial charge in [-0.25, -0.2) is 0 Å². The summed E-state index contributed by atoms with van der Waals surface area (Å²) in [6.45, 7) is 2.01. The van der Waals surface area contributed by atoms with Crippen LogP contribution in [0.5, 0.6) is 0 Å². The van der Waals surface area contributed by atoms with Gasteiger partial charge in [0.25, 0.3) is 0 Å². The van der Waals surface area contributed by atoms with Crippen LogP contribution in [0.3, 0.4) is 0 Å². The van der Waals surface area contributed by atoms with E-state index in [2.05, 4.69) is 11.3 Å². The normalized spacial score (nSPS) is 20.9. The lowest BCUT2D eigenvalue weighted by Crippen LogP contribution is -2.47. The van der Waals surface area contributed by atoms with E-state index in [1.807, 2.05) is 0 Å². The molecule has 6 N–H and O–H groups in total. The maximum atomic E-state index is 9.31. The standard InChI is InChI=1S/C9H18O7/c1-2-7(13)16-4-6(12)9(15)8(14)5(11)3-10/h2,5-15H,1,3-4H2/t5-,6+,7?,8-,9-/m1/s1. The monoisotopic (exact) mass is 238 g/mol. The first kappa shape index (κ1) is 15.5. The number of hydrogen-bond donors (Lipinski definition) is 6. The Morgan fingerprint density at radius 2 is 1.50 bits per heavy atom. The van der Waals surface area contributed by atoms with Gasteiger partial charge in [-0.15, -0.1) is 0 Å². The van der Waals surface area contributed by atoms with Gasteiger partial charge < -0.3 is 35.4 Å². The van der Waals surface area contributed by atoms with E-state index < -0.39 is 43.9 Å². The van der Waals surface area contributed by atoms with Gasteiger partial charge in [0, 0.05) is 0 Å². The molecule has 0 bridgehead atoms. The van der Waals surface area contributed by atoms with Crippen molar-refractivity contribution in [3.8, 4) is 0 Å². The van der Waals surface area contributed by atoms with E-state index in [0.29, 0.717) is 0 Å². The molecule has 96 valence electrons. The Labute approximate surface area is 92.8 Å².